The minimum absolute atomic E-state index is 0.0446. The number of Topliss-reactive ketones (excluding diaryl/α,β-unsaturated/α-hetero) is 1. The van der Waals surface area contributed by atoms with Gasteiger partial charge in [-0.2, -0.15) is 0 Å². The third-order valence-corrected chi connectivity index (χ3v) is 3.69. The third kappa shape index (κ3) is 7.83. The van der Waals surface area contributed by atoms with Crippen LogP contribution in [0.5, 0.6) is 11.5 Å². The third-order valence-electron chi connectivity index (χ3n) is 3.69. The van der Waals surface area contributed by atoms with Gasteiger partial charge in [0.1, 0.15) is 12.7 Å². The molecule has 0 bridgehead atoms. The van der Waals surface area contributed by atoms with Gasteiger partial charge in [-0.25, -0.2) is 0 Å². The minimum Gasteiger partial charge on any atom is -0.493 e. The number of carbonyl (C=O) groups excluding carboxylic acids is 1. The Morgan fingerprint density at radius 2 is 1.76 bits per heavy atom. The Morgan fingerprint density at radius 3 is 2.28 bits per heavy atom. The fourth-order valence-corrected chi connectivity index (χ4v) is 2.28. The molecule has 1 aromatic carbocycles. The number of methoxy groups -OCH3 is 3. The van der Waals surface area contributed by atoms with Crippen LogP contribution in [0, 0.1) is 0 Å². The van der Waals surface area contributed by atoms with Crippen molar-refractivity contribution in [3.63, 3.8) is 0 Å². The molecule has 1 N–H and O–H groups in total. The number of hydrogen-bond donors (Lipinski definition) is 1. The van der Waals surface area contributed by atoms with E-state index in [0.29, 0.717) is 49.9 Å². The van der Waals surface area contributed by atoms with E-state index in [4.69, 9.17) is 18.9 Å². The lowest BCUT2D eigenvalue weighted by molar-refractivity contribution is 0.0454. The van der Waals surface area contributed by atoms with Gasteiger partial charge in [0.05, 0.1) is 20.3 Å². The average Bonchev–Trinajstić information content (AvgIpc) is 2.61. The van der Waals surface area contributed by atoms with Crippen LogP contribution in [0.15, 0.2) is 18.2 Å². The highest BCUT2D eigenvalue weighted by atomic mass is 16.5. The van der Waals surface area contributed by atoms with E-state index in [1.165, 1.54) is 14.0 Å². The van der Waals surface area contributed by atoms with Gasteiger partial charge in [0.25, 0.3) is 0 Å². The first-order chi connectivity index (χ1) is 12.0. The molecule has 0 aliphatic rings. The van der Waals surface area contributed by atoms with Crippen molar-refractivity contribution in [2.24, 2.45) is 0 Å². The Morgan fingerprint density at radius 1 is 1.12 bits per heavy atom. The van der Waals surface area contributed by atoms with Crippen molar-refractivity contribution < 1.29 is 28.8 Å². The largest absolute Gasteiger partial charge is 0.493 e. The summed E-state index contributed by atoms with van der Waals surface area (Å²) in [6, 6.07) is 4.99. The summed E-state index contributed by atoms with van der Waals surface area (Å²) >= 11 is 0. The normalized spacial score (nSPS) is 12.2. The lowest BCUT2D eigenvalue weighted by atomic mass is 10.1. The number of benzene rings is 1. The molecule has 25 heavy (non-hydrogen) atoms. The Labute approximate surface area is 149 Å². The van der Waals surface area contributed by atoms with Crippen LogP contribution >= 0.6 is 0 Å². The van der Waals surface area contributed by atoms with Gasteiger partial charge in [-0.05, 0) is 25.1 Å². The van der Waals surface area contributed by atoms with Crippen molar-refractivity contribution in [2.75, 3.05) is 60.8 Å². The van der Waals surface area contributed by atoms with Gasteiger partial charge in [0.15, 0.2) is 17.3 Å². The summed E-state index contributed by atoms with van der Waals surface area (Å²) in [6.07, 6.45) is -0.675. The van der Waals surface area contributed by atoms with Gasteiger partial charge in [-0.1, -0.05) is 0 Å². The van der Waals surface area contributed by atoms with Gasteiger partial charge < -0.3 is 24.1 Å². The monoisotopic (exact) mass is 355 g/mol. The first-order valence-corrected chi connectivity index (χ1v) is 8.21. The molecule has 0 saturated heterocycles. The Kier molecular flexibility index (Phi) is 10.1. The highest BCUT2D eigenvalue weighted by Gasteiger charge is 2.14. The van der Waals surface area contributed by atoms with Gasteiger partial charge in [-0.15, -0.1) is 0 Å². The van der Waals surface area contributed by atoms with E-state index in [1.54, 1.807) is 32.4 Å². The summed E-state index contributed by atoms with van der Waals surface area (Å²) in [4.78, 5) is 13.5. The van der Waals surface area contributed by atoms with Crippen molar-refractivity contribution in [1.82, 2.24) is 4.90 Å². The molecular weight excluding hydrogens is 326 g/mol. The summed E-state index contributed by atoms with van der Waals surface area (Å²) in [5, 5.41) is 10.2. The quantitative estimate of drug-likeness (QED) is 0.533. The molecule has 0 heterocycles. The lowest BCUT2D eigenvalue weighted by Crippen LogP contribution is -2.39. The second-order valence-electron chi connectivity index (χ2n) is 5.67. The van der Waals surface area contributed by atoms with E-state index >= 15 is 0 Å². The second-order valence-corrected chi connectivity index (χ2v) is 5.67. The molecule has 7 heteroatoms. The minimum atomic E-state index is -0.675. The summed E-state index contributed by atoms with van der Waals surface area (Å²) in [6.45, 7) is 4.62. The maximum Gasteiger partial charge on any atom is 0.161 e. The Hall–Kier alpha value is -1.67. The van der Waals surface area contributed by atoms with E-state index in [9.17, 15) is 9.90 Å². The SMILES string of the molecule is COCCN(CCOC)CC(O)COc1ccc(C(C)=O)cc1OC. The number of rotatable bonds is 13. The maximum absolute atomic E-state index is 11.4. The van der Waals surface area contributed by atoms with Crippen LogP contribution in [-0.4, -0.2) is 82.7 Å². The standard InChI is InChI=1S/C18H29NO6/c1-14(20)15-5-6-17(18(11-15)24-4)25-13-16(21)12-19(7-9-22-2)8-10-23-3/h5-6,11,16,21H,7-10,12-13H2,1-4H3. The van der Waals surface area contributed by atoms with Gasteiger partial charge in [-0.3, -0.25) is 9.69 Å². The fraction of sp³-hybridized carbons (Fsp3) is 0.611. The molecule has 0 aliphatic heterocycles. The molecule has 1 unspecified atom stereocenters. The van der Waals surface area contributed by atoms with E-state index in [0.717, 1.165) is 0 Å². The molecule has 0 radical (unpaired) electrons. The first kappa shape index (κ1) is 21.4. The van der Waals surface area contributed by atoms with Crippen molar-refractivity contribution in [3.05, 3.63) is 23.8 Å². The number of ketones is 1. The number of hydrogen-bond acceptors (Lipinski definition) is 7. The van der Waals surface area contributed by atoms with Crippen molar-refractivity contribution in [1.29, 1.82) is 0 Å². The molecule has 1 aromatic rings. The van der Waals surface area contributed by atoms with Crippen LogP contribution in [-0.2, 0) is 9.47 Å². The summed E-state index contributed by atoms with van der Waals surface area (Å²) in [7, 11) is 4.80. The van der Waals surface area contributed by atoms with Gasteiger partial charge >= 0.3 is 0 Å². The van der Waals surface area contributed by atoms with E-state index in [2.05, 4.69) is 4.90 Å². The lowest BCUT2D eigenvalue weighted by Gasteiger charge is -2.24. The van der Waals surface area contributed by atoms with Crippen molar-refractivity contribution >= 4 is 5.78 Å². The predicted octanol–water partition coefficient (Wildman–Crippen LogP) is 1.23. The van der Waals surface area contributed by atoms with E-state index < -0.39 is 6.10 Å². The summed E-state index contributed by atoms with van der Waals surface area (Å²) in [5.41, 5.74) is 0.551. The number of aliphatic hydroxyl groups is 1. The first-order valence-electron chi connectivity index (χ1n) is 8.21. The van der Waals surface area contributed by atoms with Crippen LogP contribution in [0.3, 0.4) is 0 Å². The number of carbonyl (C=O) groups is 1. The smallest absolute Gasteiger partial charge is 0.161 e. The average molecular weight is 355 g/mol. The molecular formula is C18H29NO6. The molecule has 7 nitrogen and oxygen atoms in total. The van der Waals surface area contributed by atoms with Crippen LogP contribution in [0.2, 0.25) is 0 Å². The molecule has 0 amide bonds. The number of ether oxygens (including phenoxy) is 4. The number of nitrogens with zero attached hydrogens (tertiary/aromatic N) is 1. The van der Waals surface area contributed by atoms with Crippen LogP contribution in [0.4, 0.5) is 0 Å². The summed E-state index contributed by atoms with van der Waals surface area (Å²) in [5.74, 6) is 0.916. The number of aliphatic hydroxyl groups excluding tert-OH is 1. The van der Waals surface area contributed by atoms with Crippen LogP contribution in [0.1, 0.15) is 17.3 Å². The fourth-order valence-electron chi connectivity index (χ4n) is 2.28. The molecule has 1 atom stereocenters. The van der Waals surface area contributed by atoms with E-state index in [1.807, 2.05) is 0 Å². The molecule has 0 aromatic heterocycles. The predicted molar refractivity (Wildman–Crippen MR) is 94.7 cm³/mol. The van der Waals surface area contributed by atoms with Gasteiger partial charge in [0, 0.05) is 39.4 Å². The zero-order chi connectivity index (χ0) is 18.7. The highest BCUT2D eigenvalue weighted by Crippen LogP contribution is 2.28. The highest BCUT2D eigenvalue weighted by molar-refractivity contribution is 5.94. The molecule has 0 fully saturated rings. The zero-order valence-corrected chi connectivity index (χ0v) is 15.5. The maximum atomic E-state index is 11.4. The van der Waals surface area contributed by atoms with Crippen molar-refractivity contribution in [3.8, 4) is 11.5 Å². The van der Waals surface area contributed by atoms with Crippen LogP contribution in [0.25, 0.3) is 0 Å². The molecule has 0 saturated carbocycles. The van der Waals surface area contributed by atoms with E-state index in [-0.39, 0.29) is 12.4 Å². The summed E-state index contributed by atoms with van der Waals surface area (Å²) < 4.78 is 21.1. The molecule has 1 rings (SSSR count). The van der Waals surface area contributed by atoms with Gasteiger partial charge in [0.2, 0.25) is 0 Å². The van der Waals surface area contributed by atoms with Crippen LogP contribution < -0.4 is 9.47 Å². The second kappa shape index (κ2) is 11.8. The Balaban J connectivity index is 2.58. The molecule has 0 aliphatic carbocycles. The Bertz CT molecular complexity index is 514. The molecule has 0 spiro atoms. The topological polar surface area (TPSA) is 77.5 Å². The molecule has 142 valence electrons. The van der Waals surface area contributed by atoms with Crippen molar-refractivity contribution in [2.45, 2.75) is 13.0 Å². The zero-order valence-electron chi connectivity index (χ0n) is 15.5.